The molecule has 2 aromatic carbocycles. The van der Waals surface area contributed by atoms with Gasteiger partial charge in [-0.3, -0.25) is 0 Å². The first-order valence-electron chi connectivity index (χ1n) is 9.58. The van der Waals surface area contributed by atoms with E-state index in [9.17, 15) is 4.39 Å². The minimum Gasteiger partial charge on any atom is -0.496 e. The molecule has 0 bridgehead atoms. The second-order valence-electron chi connectivity index (χ2n) is 6.98. The Morgan fingerprint density at radius 3 is 2.52 bits per heavy atom. The summed E-state index contributed by atoms with van der Waals surface area (Å²) in [6.07, 6.45) is 2.04. The van der Waals surface area contributed by atoms with Gasteiger partial charge in [-0.1, -0.05) is 30.0 Å². The summed E-state index contributed by atoms with van der Waals surface area (Å²) in [5.41, 5.74) is 7.23. The molecule has 0 saturated carbocycles. The van der Waals surface area contributed by atoms with Gasteiger partial charge >= 0.3 is 0 Å². The molecule has 1 fully saturated rings. The molecule has 1 aliphatic heterocycles. The molecule has 0 aliphatic carbocycles. The predicted octanol–water partition coefficient (Wildman–Crippen LogP) is 4.74. The molecule has 0 unspecified atom stereocenters. The van der Waals surface area contributed by atoms with Crippen molar-refractivity contribution >= 4 is 23.5 Å². The fourth-order valence-corrected chi connectivity index (χ4v) is 4.51. The maximum absolute atomic E-state index is 13.1. The van der Waals surface area contributed by atoms with E-state index >= 15 is 0 Å². The van der Waals surface area contributed by atoms with Crippen LogP contribution in [0.2, 0.25) is 0 Å². The summed E-state index contributed by atoms with van der Waals surface area (Å²) >= 11 is 1.45. The van der Waals surface area contributed by atoms with Crippen LogP contribution < -0.4 is 15.4 Å². The van der Waals surface area contributed by atoms with Crippen LogP contribution in [0.5, 0.6) is 5.75 Å². The molecule has 0 radical (unpaired) electrons. The molecule has 3 aromatic rings. The van der Waals surface area contributed by atoms with Gasteiger partial charge in [0.2, 0.25) is 5.95 Å². The highest BCUT2D eigenvalue weighted by molar-refractivity contribution is 7.99. The molecular weight excluding hydrogens is 387 g/mol. The van der Waals surface area contributed by atoms with E-state index < -0.39 is 0 Å². The first-order chi connectivity index (χ1) is 14.1. The maximum atomic E-state index is 13.1. The molecule has 0 amide bonds. The normalized spacial score (nSPS) is 14.8. The quantitative estimate of drug-likeness (QED) is 0.613. The van der Waals surface area contributed by atoms with Crippen LogP contribution in [0.25, 0.3) is 0 Å². The highest BCUT2D eigenvalue weighted by atomic mass is 32.2. The Kier molecular flexibility index (Phi) is 5.85. The summed E-state index contributed by atoms with van der Waals surface area (Å²) in [5, 5.41) is 0.756. The monoisotopic (exact) mass is 410 g/mol. The smallest absolute Gasteiger partial charge is 0.223 e. The number of rotatable bonds is 5. The van der Waals surface area contributed by atoms with Crippen LogP contribution in [0.15, 0.2) is 64.5 Å². The van der Waals surface area contributed by atoms with Crippen molar-refractivity contribution in [1.82, 2.24) is 9.97 Å². The average molecular weight is 411 g/mol. The lowest BCUT2D eigenvalue weighted by molar-refractivity contribution is 0.397. The van der Waals surface area contributed by atoms with Gasteiger partial charge in [0.1, 0.15) is 22.4 Å². The molecule has 0 spiro atoms. The van der Waals surface area contributed by atoms with E-state index in [0.29, 0.717) is 5.92 Å². The van der Waals surface area contributed by atoms with Crippen LogP contribution in [0, 0.1) is 5.82 Å². The average Bonchev–Trinajstić information content (AvgIpc) is 2.75. The van der Waals surface area contributed by atoms with E-state index in [1.54, 1.807) is 19.2 Å². The Morgan fingerprint density at radius 2 is 1.79 bits per heavy atom. The minimum atomic E-state index is -0.254. The highest BCUT2D eigenvalue weighted by Gasteiger charge is 2.24. The lowest BCUT2D eigenvalue weighted by Gasteiger charge is -2.33. The van der Waals surface area contributed by atoms with Gasteiger partial charge in [-0.15, -0.1) is 0 Å². The number of piperidine rings is 1. The number of benzene rings is 2. The van der Waals surface area contributed by atoms with Crippen LogP contribution in [0.3, 0.4) is 0 Å². The second-order valence-corrected chi connectivity index (χ2v) is 8.08. The van der Waals surface area contributed by atoms with Crippen molar-refractivity contribution in [1.29, 1.82) is 0 Å². The van der Waals surface area contributed by atoms with Crippen LogP contribution in [-0.4, -0.2) is 30.2 Å². The first kappa shape index (κ1) is 19.5. The Labute approximate surface area is 174 Å². The number of anilines is 2. The van der Waals surface area contributed by atoms with Crippen molar-refractivity contribution in [3.63, 3.8) is 0 Å². The molecule has 4 rings (SSSR count). The zero-order valence-corrected chi connectivity index (χ0v) is 17.0. The number of ether oxygens (including phenoxy) is 1. The summed E-state index contributed by atoms with van der Waals surface area (Å²) in [5.74, 6) is 2.25. The molecule has 150 valence electrons. The molecule has 29 heavy (non-hydrogen) atoms. The fourth-order valence-electron chi connectivity index (χ4n) is 3.69. The maximum Gasteiger partial charge on any atom is 0.223 e. The van der Waals surface area contributed by atoms with E-state index in [4.69, 9.17) is 10.5 Å². The molecule has 0 atom stereocenters. The van der Waals surface area contributed by atoms with Crippen molar-refractivity contribution in [2.75, 3.05) is 30.8 Å². The molecule has 5 nitrogen and oxygen atoms in total. The van der Waals surface area contributed by atoms with E-state index in [0.717, 1.165) is 47.4 Å². The molecule has 2 heterocycles. The van der Waals surface area contributed by atoms with E-state index in [1.807, 2.05) is 18.2 Å². The fraction of sp³-hybridized carbons (Fsp3) is 0.273. The Bertz CT molecular complexity index is 975. The standard InChI is InChI=1S/C22H23FN4OS/c1-28-19-5-3-2-4-18(19)15-10-12-27(13-11-15)20-14-21(26-22(24)25-20)29-17-8-6-16(23)7-9-17/h2-9,14-15H,10-13H2,1H3,(H2,24,25,26). The van der Waals surface area contributed by atoms with E-state index in [2.05, 4.69) is 27.0 Å². The first-order valence-corrected chi connectivity index (χ1v) is 10.4. The van der Waals surface area contributed by atoms with Gasteiger partial charge in [0, 0.05) is 24.1 Å². The number of hydrogen-bond acceptors (Lipinski definition) is 6. The number of methoxy groups -OCH3 is 1. The van der Waals surface area contributed by atoms with Gasteiger partial charge in [0.15, 0.2) is 0 Å². The summed E-state index contributed by atoms with van der Waals surface area (Å²) in [4.78, 5) is 11.9. The largest absolute Gasteiger partial charge is 0.496 e. The summed E-state index contributed by atoms with van der Waals surface area (Å²) < 4.78 is 18.7. The Balaban J connectivity index is 1.47. The van der Waals surface area contributed by atoms with Gasteiger partial charge in [0.05, 0.1) is 7.11 Å². The number of nitrogens with two attached hydrogens (primary N) is 1. The van der Waals surface area contributed by atoms with Crippen LogP contribution in [0.4, 0.5) is 16.2 Å². The van der Waals surface area contributed by atoms with Crippen molar-refractivity contribution in [2.24, 2.45) is 0 Å². The van der Waals surface area contributed by atoms with Gasteiger partial charge < -0.3 is 15.4 Å². The molecule has 1 aromatic heterocycles. The predicted molar refractivity (Wildman–Crippen MR) is 114 cm³/mol. The van der Waals surface area contributed by atoms with Crippen molar-refractivity contribution in [3.05, 3.63) is 66.0 Å². The van der Waals surface area contributed by atoms with Crippen LogP contribution >= 0.6 is 11.8 Å². The number of nitrogens with zero attached hydrogens (tertiary/aromatic N) is 3. The third-order valence-electron chi connectivity index (χ3n) is 5.14. The lowest BCUT2D eigenvalue weighted by atomic mass is 9.89. The summed E-state index contributed by atoms with van der Waals surface area (Å²) in [7, 11) is 1.72. The van der Waals surface area contributed by atoms with Gasteiger partial charge in [0.25, 0.3) is 0 Å². The number of halogens is 1. The van der Waals surface area contributed by atoms with E-state index in [1.165, 1.54) is 29.5 Å². The van der Waals surface area contributed by atoms with Crippen LogP contribution in [-0.2, 0) is 0 Å². The van der Waals surface area contributed by atoms with Gasteiger partial charge in [-0.05, 0) is 54.7 Å². The highest BCUT2D eigenvalue weighted by Crippen LogP contribution is 2.36. The van der Waals surface area contributed by atoms with Crippen molar-refractivity contribution < 1.29 is 9.13 Å². The van der Waals surface area contributed by atoms with Crippen LogP contribution in [0.1, 0.15) is 24.3 Å². The summed E-state index contributed by atoms with van der Waals surface area (Å²) in [6, 6.07) is 16.5. The minimum absolute atomic E-state index is 0.249. The van der Waals surface area contributed by atoms with Gasteiger partial charge in [-0.25, -0.2) is 9.37 Å². The van der Waals surface area contributed by atoms with E-state index in [-0.39, 0.29) is 11.8 Å². The number of aromatic nitrogens is 2. The second kappa shape index (κ2) is 8.69. The van der Waals surface area contributed by atoms with Crippen molar-refractivity contribution in [2.45, 2.75) is 28.7 Å². The Morgan fingerprint density at radius 1 is 1.07 bits per heavy atom. The number of para-hydroxylation sites is 1. The van der Waals surface area contributed by atoms with Gasteiger partial charge in [-0.2, -0.15) is 4.98 Å². The third-order valence-corrected chi connectivity index (χ3v) is 6.07. The van der Waals surface area contributed by atoms with Crippen molar-refractivity contribution in [3.8, 4) is 5.75 Å². The molecule has 2 N–H and O–H groups in total. The third kappa shape index (κ3) is 4.62. The number of hydrogen-bond donors (Lipinski definition) is 1. The number of nitrogen functional groups attached to an aromatic ring is 1. The lowest BCUT2D eigenvalue weighted by Crippen LogP contribution is -2.33. The zero-order valence-electron chi connectivity index (χ0n) is 16.2. The topological polar surface area (TPSA) is 64.3 Å². The summed E-state index contributed by atoms with van der Waals surface area (Å²) in [6.45, 7) is 1.78. The molecular formula is C22H23FN4OS. The Hall–Kier alpha value is -2.80. The molecule has 1 saturated heterocycles. The SMILES string of the molecule is COc1ccccc1C1CCN(c2cc(Sc3ccc(F)cc3)nc(N)n2)CC1. The molecule has 7 heteroatoms. The molecule has 1 aliphatic rings. The zero-order chi connectivity index (χ0) is 20.2.